The third kappa shape index (κ3) is 3.39. The smallest absolute Gasteiger partial charge is 0.163 e. The van der Waals surface area contributed by atoms with E-state index >= 15 is 0 Å². The zero-order chi connectivity index (χ0) is 12.1. The average molecular weight is 288 g/mol. The Balaban J connectivity index is 3.00. The highest BCUT2D eigenvalue weighted by molar-refractivity contribution is 9.10. The molecule has 1 rings (SSSR count). The number of hydrogen-bond donors (Lipinski definition) is 1. The van der Waals surface area contributed by atoms with Crippen LogP contribution in [-0.4, -0.2) is 20.3 Å². The lowest BCUT2D eigenvalue weighted by atomic mass is 10.1. The van der Waals surface area contributed by atoms with Crippen LogP contribution < -0.4 is 15.2 Å². The standard InChI is InChI=1S/C12H18BrNO2/c1-8(14)4-5-9-6-10(13)7-11(15-2)12(9)16-3/h6-8H,4-5,14H2,1-3H3/t8-/m0/s1. The highest BCUT2D eigenvalue weighted by Crippen LogP contribution is 2.35. The molecule has 0 saturated carbocycles. The molecule has 16 heavy (non-hydrogen) atoms. The number of methoxy groups -OCH3 is 2. The summed E-state index contributed by atoms with van der Waals surface area (Å²) in [7, 11) is 3.29. The van der Waals surface area contributed by atoms with Crippen LogP contribution in [0.2, 0.25) is 0 Å². The van der Waals surface area contributed by atoms with Crippen LogP contribution in [0.5, 0.6) is 11.5 Å². The van der Waals surface area contributed by atoms with Crippen LogP contribution in [0.1, 0.15) is 18.9 Å². The van der Waals surface area contributed by atoms with Crippen molar-refractivity contribution in [1.82, 2.24) is 0 Å². The van der Waals surface area contributed by atoms with Gasteiger partial charge in [0.05, 0.1) is 14.2 Å². The molecule has 2 N–H and O–H groups in total. The molecule has 1 aromatic rings. The second-order valence-electron chi connectivity index (χ2n) is 3.82. The molecule has 90 valence electrons. The van der Waals surface area contributed by atoms with Crippen molar-refractivity contribution >= 4 is 15.9 Å². The third-order valence-corrected chi connectivity index (χ3v) is 2.85. The molecular formula is C12H18BrNO2. The fraction of sp³-hybridized carbons (Fsp3) is 0.500. The zero-order valence-corrected chi connectivity index (χ0v) is 11.5. The van der Waals surface area contributed by atoms with Crippen molar-refractivity contribution in [1.29, 1.82) is 0 Å². The van der Waals surface area contributed by atoms with E-state index in [1.54, 1.807) is 14.2 Å². The first-order chi connectivity index (χ1) is 7.58. The molecular weight excluding hydrogens is 270 g/mol. The van der Waals surface area contributed by atoms with Gasteiger partial charge in [0.25, 0.3) is 0 Å². The first-order valence-corrected chi connectivity index (χ1v) is 6.03. The van der Waals surface area contributed by atoms with Gasteiger partial charge in [-0.05, 0) is 37.5 Å². The Kier molecular flexibility index (Phi) is 5.09. The summed E-state index contributed by atoms with van der Waals surface area (Å²) in [5.41, 5.74) is 6.87. The summed E-state index contributed by atoms with van der Waals surface area (Å²) in [4.78, 5) is 0. The summed E-state index contributed by atoms with van der Waals surface area (Å²) in [6.45, 7) is 2.00. The lowest BCUT2D eigenvalue weighted by Gasteiger charge is -2.14. The monoisotopic (exact) mass is 287 g/mol. The first kappa shape index (κ1) is 13.3. The molecule has 0 aliphatic rings. The minimum absolute atomic E-state index is 0.190. The van der Waals surface area contributed by atoms with Crippen LogP contribution in [0.15, 0.2) is 16.6 Å². The van der Waals surface area contributed by atoms with Gasteiger partial charge < -0.3 is 15.2 Å². The van der Waals surface area contributed by atoms with Crippen molar-refractivity contribution in [2.24, 2.45) is 5.73 Å². The van der Waals surface area contributed by atoms with Crippen LogP contribution in [0.25, 0.3) is 0 Å². The predicted molar refractivity (Wildman–Crippen MR) is 69.2 cm³/mol. The molecule has 4 heteroatoms. The molecule has 3 nitrogen and oxygen atoms in total. The topological polar surface area (TPSA) is 44.5 Å². The van der Waals surface area contributed by atoms with Gasteiger partial charge in [-0.15, -0.1) is 0 Å². The van der Waals surface area contributed by atoms with Gasteiger partial charge in [0, 0.05) is 10.5 Å². The molecule has 0 bridgehead atoms. The van der Waals surface area contributed by atoms with Crippen molar-refractivity contribution in [3.8, 4) is 11.5 Å². The fourth-order valence-corrected chi connectivity index (χ4v) is 2.06. The molecule has 0 aliphatic heterocycles. The Morgan fingerprint density at radius 2 is 2.00 bits per heavy atom. The van der Waals surface area contributed by atoms with E-state index in [0.717, 1.165) is 34.4 Å². The van der Waals surface area contributed by atoms with Gasteiger partial charge in [0.2, 0.25) is 0 Å². The molecule has 0 aromatic heterocycles. The zero-order valence-electron chi connectivity index (χ0n) is 9.92. The van der Waals surface area contributed by atoms with E-state index in [2.05, 4.69) is 15.9 Å². The summed E-state index contributed by atoms with van der Waals surface area (Å²) < 4.78 is 11.6. The summed E-state index contributed by atoms with van der Waals surface area (Å²) in [5, 5.41) is 0. The SMILES string of the molecule is COc1cc(Br)cc(CC[C@H](C)N)c1OC. The summed E-state index contributed by atoms with van der Waals surface area (Å²) in [6, 6.07) is 4.13. The summed E-state index contributed by atoms with van der Waals surface area (Å²) in [5.74, 6) is 1.54. The minimum Gasteiger partial charge on any atom is -0.493 e. The van der Waals surface area contributed by atoms with Crippen LogP contribution in [0.4, 0.5) is 0 Å². The average Bonchev–Trinajstić information content (AvgIpc) is 2.25. The molecule has 0 aliphatic carbocycles. The molecule has 0 unspecified atom stereocenters. The Hall–Kier alpha value is -0.740. The number of ether oxygens (including phenoxy) is 2. The number of benzene rings is 1. The molecule has 0 saturated heterocycles. The fourth-order valence-electron chi connectivity index (χ4n) is 1.57. The van der Waals surface area contributed by atoms with Crippen LogP contribution in [0, 0.1) is 0 Å². The first-order valence-electron chi connectivity index (χ1n) is 5.24. The minimum atomic E-state index is 0.190. The molecule has 1 atom stereocenters. The van der Waals surface area contributed by atoms with E-state index in [1.807, 2.05) is 19.1 Å². The molecule has 0 heterocycles. The van der Waals surface area contributed by atoms with E-state index < -0.39 is 0 Å². The Bertz CT molecular complexity index is 353. The van der Waals surface area contributed by atoms with Crippen molar-refractivity contribution in [2.45, 2.75) is 25.8 Å². The van der Waals surface area contributed by atoms with Gasteiger partial charge in [0.15, 0.2) is 11.5 Å². The van der Waals surface area contributed by atoms with Gasteiger partial charge in [-0.1, -0.05) is 15.9 Å². The van der Waals surface area contributed by atoms with E-state index in [0.29, 0.717) is 0 Å². The Labute approximate surface area is 105 Å². The quantitative estimate of drug-likeness (QED) is 0.906. The highest BCUT2D eigenvalue weighted by atomic mass is 79.9. The number of nitrogens with two attached hydrogens (primary N) is 1. The molecule has 1 aromatic carbocycles. The molecule has 0 spiro atoms. The van der Waals surface area contributed by atoms with Gasteiger partial charge in [0.1, 0.15) is 0 Å². The second-order valence-corrected chi connectivity index (χ2v) is 4.73. The lowest BCUT2D eigenvalue weighted by molar-refractivity contribution is 0.351. The van der Waals surface area contributed by atoms with Crippen molar-refractivity contribution in [3.05, 3.63) is 22.2 Å². The van der Waals surface area contributed by atoms with Gasteiger partial charge in [-0.2, -0.15) is 0 Å². The number of hydrogen-bond acceptors (Lipinski definition) is 3. The van der Waals surface area contributed by atoms with E-state index in [-0.39, 0.29) is 6.04 Å². The van der Waals surface area contributed by atoms with E-state index in [9.17, 15) is 0 Å². The highest BCUT2D eigenvalue weighted by Gasteiger charge is 2.11. The van der Waals surface area contributed by atoms with Crippen LogP contribution in [-0.2, 0) is 6.42 Å². The summed E-state index contributed by atoms with van der Waals surface area (Å²) >= 11 is 3.46. The van der Waals surface area contributed by atoms with Gasteiger partial charge in [-0.3, -0.25) is 0 Å². The van der Waals surface area contributed by atoms with Crippen molar-refractivity contribution in [3.63, 3.8) is 0 Å². The Morgan fingerprint density at radius 3 is 2.50 bits per heavy atom. The molecule has 0 radical (unpaired) electrons. The largest absolute Gasteiger partial charge is 0.493 e. The number of aryl methyl sites for hydroxylation is 1. The van der Waals surface area contributed by atoms with Gasteiger partial charge >= 0.3 is 0 Å². The third-order valence-electron chi connectivity index (χ3n) is 2.39. The van der Waals surface area contributed by atoms with Crippen LogP contribution in [0.3, 0.4) is 0 Å². The number of halogens is 1. The molecule has 0 amide bonds. The predicted octanol–water partition coefficient (Wildman–Crippen LogP) is 2.75. The Morgan fingerprint density at radius 1 is 1.31 bits per heavy atom. The maximum Gasteiger partial charge on any atom is 0.163 e. The van der Waals surface area contributed by atoms with Crippen molar-refractivity contribution < 1.29 is 9.47 Å². The van der Waals surface area contributed by atoms with Crippen LogP contribution >= 0.6 is 15.9 Å². The lowest BCUT2D eigenvalue weighted by Crippen LogP contribution is -2.15. The normalized spacial score (nSPS) is 12.3. The van der Waals surface area contributed by atoms with E-state index in [4.69, 9.17) is 15.2 Å². The van der Waals surface area contributed by atoms with E-state index in [1.165, 1.54) is 0 Å². The summed E-state index contributed by atoms with van der Waals surface area (Å²) in [6.07, 6.45) is 1.81. The molecule has 0 fully saturated rings. The maximum absolute atomic E-state index is 5.76. The maximum atomic E-state index is 5.76. The number of rotatable bonds is 5. The van der Waals surface area contributed by atoms with Crippen molar-refractivity contribution in [2.75, 3.05) is 14.2 Å². The second kappa shape index (κ2) is 6.11. The van der Waals surface area contributed by atoms with Gasteiger partial charge in [-0.25, -0.2) is 0 Å².